The van der Waals surface area contributed by atoms with Gasteiger partial charge >= 0.3 is 5.97 Å². The molecule has 0 unspecified atom stereocenters. The van der Waals surface area contributed by atoms with E-state index in [0.29, 0.717) is 24.5 Å². The normalized spacial score (nSPS) is 11.4. The Kier molecular flexibility index (Phi) is 9.53. The average molecular weight is 463 g/mol. The summed E-state index contributed by atoms with van der Waals surface area (Å²) in [6.45, 7) is 5.64. The van der Waals surface area contributed by atoms with Crippen LogP contribution in [0, 0.1) is 0 Å². The van der Waals surface area contributed by atoms with Crippen LogP contribution < -0.4 is 9.64 Å². The van der Waals surface area contributed by atoms with Crippen LogP contribution in [0.5, 0.6) is 11.5 Å². The van der Waals surface area contributed by atoms with Crippen molar-refractivity contribution in [2.75, 3.05) is 39.2 Å². The lowest BCUT2D eigenvalue weighted by atomic mass is 10.1. The molecular formula is C24H34N2O5S. The summed E-state index contributed by atoms with van der Waals surface area (Å²) in [5, 5.41) is 0. The Hall–Kier alpha value is -2.58. The highest BCUT2D eigenvalue weighted by atomic mass is 32.2. The molecule has 0 spiro atoms. The van der Waals surface area contributed by atoms with E-state index < -0.39 is 16.0 Å². The van der Waals surface area contributed by atoms with Crippen molar-refractivity contribution in [2.45, 2.75) is 44.4 Å². The summed E-state index contributed by atoms with van der Waals surface area (Å²) in [4.78, 5) is 14.5. The summed E-state index contributed by atoms with van der Waals surface area (Å²) in [6, 6.07) is 12.1. The summed E-state index contributed by atoms with van der Waals surface area (Å²) in [7, 11) is 0.278. The molecular weight excluding hydrogens is 428 g/mol. The van der Waals surface area contributed by atoms with Crippen molar-refractivity contribution in [3.63, 3.8) is 0 Å². The van der Waals surface area contributed by atoms with E-state index in [1.54, 1.807) is 18.2 Å². The van der Waals surface area contributed by atoms with Crippen LogP contribution in [0.1, 0.15) is 49.9 Å². The minimum absolute atomic E-state index is 0.0674. The summed E-state index contributed by atoms with van der Waals surface area (Å²) in [6.07, 6.45) is 3.81. The van der Waals surface area contributed by atoms with Gasteiger partial charge in [0.25, 0.3) is 0 Å². The molecule has 32 heavy (non-hydrogen) atoms. The summed E-state index contributed by atoms with van der Waals surface area (Å²) in [5.41, 5.74) is 0.736. The number of carbonyl (C=O) groups excluding carboxylic acids is 1. The second-order valence-electron chi connectivity index (χ2n) is 7.71. The van der Waals surface area contributed by atoms with Gasteiger partial charge in [-0.1, -0.05) is 44.9 Å². The highest BCUT2D eigenvalue weighted by Crippen LogP contribution is 2.41. The number of para-hydroxylation sites is 1. The lowest BCUT2D eigenvalue weighted by molar-refractivity contribution is 0.0600. The molecule has 0 bridgehead atoms. The lowest BCUT2D eigenvalue weighted by Gasteiger charge is -2.29. The Morgan fingerprint density at radius 3 is 2.06 bits per heavy atom. The van der Waals surface area contributed by atoms with Crippen LogP contribution in [0.3, 0.4) is 0 Å². The SMILES string of the molecule is CCCCN(CCCC)c1cc(C(=O)OC)cc(S(=O)(=O)N(C)C)c1Oc1ccccc1. The van der Waals surface area contributed by atoms with Crippen molar-refractivity contribution >= 4 is 21.7 Å². The van der Waals surface area contributed by atoms with Gasteiger partial charge in [0.05, 0.1) is 18.4 Å². The number of nitrogens with zero attached hydrogens (tertiary/aromatic N) is 2. The predicted octanol–water partition coefficient (Wildman–Crippen LogP) is 4.92. The van der Waals surface area contributed by atoms with Crippen molar-refractivity contribution in [3.8, 4) is 11.5 Å². The molecule has 8 heteroatoms. The zero-order valence-corrected chi connectivity index (χ0v) is 20.4. The van der Waals surface area contributed by atoms with Gasteiger partial charge in [-0.3, -0.25) is 0 Å². The maximum Gasteiger partial charge on any atom is 0.337 e. The van der Waals surface area contributed by atoms with E-state index in [1.807, 2.05) is 18.2 Å². The Labute approximate surface area is 192 Å². The summed E-state index contributed by atoms with van der Waals surface area (Å²) >= 11 is 0. The Morgan fingerprint density at radius 2 is 1.56 bits per heavy atom. The molecule has 2 rings (SSSR count). The van der Waals surface area contributed by atoms with E-state index in [9.17, 15) is 13.2 Å². The molecule has 0 atom stereocenters. The van der Waals surface area contributed by atoms with Crippen LogP contribution in [-0.4, -0.2) is 53.0 Å². The number of sulfonamides is 1. The van der Waals surface area contributed by atoms with Crippen molar-refractivity contribution in [1.29, 1.82) is 0 Å². The van der Waals surface area contributed by atoms with Crippen LogP contribution in [0.2, 0.25) is 0 Å². The van der Waals surface area contributed by atoms with Crippen LogP contribution in [0.4, 0.5) is 5.69 Å². The summed E-state index contributed by atoms with van der Waals surface area (Å²) < 4.78 is 38.8. The lowest BCUT2D eigenvalue weighted by Crippen LogP contribution is -2.28. The van der Waals surface area contributed by atoms with Crippen LogP contribution >= 0.6 is 0 Å². The molecule has 0 aliphatic carbocycles. The third-order valence-electron chi connectivity index (χ3n) is 5.08. The predicted molar refractivity (Wildman–Crippen MR) is 127 cm³/mol. The molecule has 0 aromatic heterocycles. The van der Waals surface area contributed by atoms with Gasteiger partial charge < -0.3 is 14.4 Å². The van der Waals surface area contributed by atoms with Gasteiger partial charge in [-0.15, -0.1) is 0 Å². The molecule has 176 valence electrons. The molecule has 0 aliphatic rings. The molecule has 0 radical (unpaired) electrons. The molecule has 2 aromatic rings. The van der Waals surface area contributed by atoms with Gasteiger partial charge in [-0.05, 0) is 37.1 Å². The average Bonchev–Trinajstić information content (AvgIpc) is 2.79. The second-order valence-corrected chi connectivity index (χ2v) is 9.83. The third kappa shape index (κ3) is 6.23. The number of rotatable bonds is 12. The number of hydrogen-bond acceptors (Lipinski definition) is 6. The Balaban J connectivity index is 2.82. The van der Waals surface area contributed by atoms with Gasteiger partial charge in [0.2, 0.25) is 10.0 Å². The van der Waals surface area contributed by atoms with Crippen LogP contribution in [-0.2, 0) is 14.8 Å². The molecule has 0 amide bonds. The zero-order valence-electron chi connectivity index (χ0n) is 19.6. The Bertz CT molecular complexity index is 983. The number of unbranched alkanes of at least 4 members (excludes halogenated alkanes) is 2. The third-order valence-corrected chi connectivity index (χ3v) is 6.90. The second kappa shape index (κ2) is 11.9. The number of anilines is 1. The Morgan fingerprint density at radius 1 is 0.969 bits per heavy atom. The van der Waals surface area contributed by atoms with Gasteiger partial charge in [0, 0.05) is 27.2 Å². The molecule has 2 aromatic carbocycles. The molecule has 7 nitrogen and oxygen atoms in total. The van der Waals surface area contributed by atoms with E-state index >= 15 is 0 Å². The fourth-order valence-electron chi connectivity index (χ4n) is 3.21. The maximum absolute atomic E-state index is 13.3. The number of ether oxygens (including phenoxy) is 2. The number of hydrogen-bond donors (Lipinski definition) is 0. The molecule has 0 N–H and O–H groups in total. The van der Waals surface area contributed by atoms with Gasteiger partial charge in [0.15, 0.2) is 5.75 Å². The highest BCUT2D eigenvalue weighted by molar-refractivity contribution is 7.89. The van der Waals surface area contributed by atoms with Gasteiger partial charge in [-0.25, -0.2) is 17.5 Å². The zero-order chi connectivity index (χ0) is 23.7. The van der Waals surface area contributed by atoms with Crippen molar-refractivity contribution < 1.29 is 22.7 Å². The van der Waals surface area contributed by atoms with Crippen molar-refractivity contribution in [2.24, 2.45) is 0 Å². The maximum atomic E-state index is 13.3. The fraction of sp³-hybridized carbons (Fsp3) is 0.458. The first-order valence-electron chi connectivity index (χ1n) is 10.9. The highest BCUT2D eigenvalue weighted by Gasteiger charge is 2.29. The van der Waals surface area contributed by atoms with E-state index in [2.05, 4.69) is 18.7 Å². The monoisotopic (exact) mass is 462 g/mol. The first kappa shape index (κ1) is 25.7. The topological polar surface area (TPSA) is 76.2 Å². The first-order chi connectivity index (χ1) is 15.3. The van der Waals surface area contributed by atoms with E-state index in [4.69, 9.17) is 9.47 Å². The molecule has 0 saturated heterocycles. The number of carbonyl (C=O) groups is 1. The van der Waals surface area contributed by atoms with Crippen molar-refractivity contribution in [3.05, 3.63) is 48.0 Å². The molecule has 0 saturated carbocycles. The smallest absolute Gasteiger partial charge is 0.337 e. The van der Waals surface area contributed by atoms with Crippen molar-refractivity contribution in [1.82, 2.24) is 4.31 Å². The number of benzene rings is 2. The molecule has 0 fully saturated rings. The minimum atomic E-state index is -3.92. The van der Waals surface area contributed by atoms with E-state index in [-0.39, 0.29) is 16.2 Å². The molecule has 0 aliphatic heterocycles. The summed E-state index contributed by atoms with van der Waals surface area (Å²) in [5.74, 6) is 0.129. The van der Waals surface area contributed by atoms with Gasteiger partial charge in [0.1, 0.15) is 10.6 Å². The van der Waals surface area contributed by atoms with E-state index in [1.165, 1.54) is 27.3 Å². The number of methoxy groups -OCH3 is 1. The largest absolute Gasteiger partial charge is 0.465 e. The fourth-order valence-corrected chi connectivity index (χ4v) is 4.26. The van der Waals surface area contributed by atoms with Crippen LogP contribution in [0.25, 0.3) is 0 Å². The quantitative estimate of drug-likeness (QED) is 0.417. The molecule has 0 heterocycles. The van der Waals surface area contributed by atoms with Gasteiger partial charge in [-0.2, -0.15) is 0 Å². The van der Waals surface area contributed by atoms with Crippen LogP contribution in [0.15, 0.2) is 47.4 Å². The number of esters is 1. The first-order valence-corrected chi connectivity index (χ1v) is 12.4. The minimum Gasteiger partial charge on any atom is -0.465 e. The van der Waals surface area contributed by atoms with E-state index in [0.717, 1.165) is 30.0 Å². The standard InChI is InChI=1S/C24H34N2O5S/c1-6-8-15-26(16-9-7-2)21-17-19(24(27)30-5)18-22(32(28,29)25(3)4)23(21)31-20-13-11-10-12-14-20/h10-14,17-18H,6-9,15-16H2,1-5H3.